The first kappa shape index (κ1) is 32.7. The van der Waals surface area contributed by atoms with Crippen LogP contribution in [-0.4, -0.2) is 68.7 Å². The van der Waals surface area contributed by atoms with E-state index in [0.29, 0.717) is 15.3 Å². The Balaban J connectivity index is 1.69. The standard InChI is InChI=1S/C26H29ClF2N3O10P/c1-13(2)40-23(36)14(3)31-43(38,42-18-10-6-8-15-7-4-5-9-16(15)18)39-12-26(24(28)29)20(34)19(33)22(41-26)32-11-17(27)21(35)30-25(32)37/h4-11,13-14,19-20,22,24,33-34H,12H2,1-3H3,(H,31,38)(H,30,35,37). The van der Waals surface area contributed by atoms with Crippen molar-refractivity contribution in [3.63, 3.8) is 0 Å². The van der Waals surface area contributed by atoms with Gasteiger partial charge in [-0.05, 0) is 32.2 Å². The molecule has 0 aliphatic carbocycles. The van der Waals surface area contributed by atoms with E-state index in [2.05, 4.69) is 5.09 Å². The molecule has 4 rings (SSSR count). The van der Waals surface area contributed by atoms with E-state index in [1.54, 1.807) is 50.2 Å². The third kappa shape index (κ3) is 6.83. The minimum absolute atomic E-state index is 0.00434. The number of aliphatic hydroxyl groups is 2. The average Bonchev–Trinajstić information content (AvgIpc) is 3.20. The van der Waals surface area contributed by atoms with Crippen LogP contribution in [0.1, 0.15) is 27.0 Å². The molecule has 234 valence electrons. The summed E-state index contributed by atoms with van der Waals surface area (Å²) in [5.74, 6) is -0.851. The van der Waals surface area contributed by atoms with Crippen LogP contribution in [0.15, 0.2) is 58.3 Å². The lowest BCUT2D eigenvalue weighted by molar-refractivity contribution is -0.192. The Morgan fingerprint density at radius 2 is 1.86 bits per heavy atom. The third-order valence-electron chi connectivity index (χ3n) is 6.51. The van der Waals surface area contributed by atoms with Gasteiger partial charge in [0.25, 0.3) is 12.0 Å². The molecule has 1 fully saturated rings. The highest BCUT2D eigenvalue weighted by atomic mass is 35.5. The summed E-state index contributed by atoms with van der Waals surface area (Å²) in [4.78, 5) is 38.3. The van der Waals surface area contributed by atoms with Crippen LogP contribution in [0.3, 0.4) is 0 Å². The number of carbonyl (C=O) groups excluding carboxylic acids is 1. The van der Waals surface area contributed by atoms with Crippen molar-refractivity contribution in [2.75, 3.05) is 6.61 Å². The van der Waals surface area contributed by atoms with Gasteiger partial charge in [0, 0.05) is 11.6 Å². The van der Waals surface area contributed by atoms with Gasteiger partial charge in [0.1, 0.15) is 29.0 Å². The largest absolute Gasteiger partial charge is 0.462 e. The second-order valence-electron chi connectivity index (χ2n) is 10.0. The molecule has 17 heteroatoms. The second-order valence-corrected chi connectivity index (χ2v) is 12.1. The Kier molecular flexibility index (Phi) is 9.76. The van der Waals surface area contributed by atoms with E-state index in [1.165, 1.54) is 13.0 Å². The molecule has 1 aliphatic heterocycles. The van der Waals surface area contributed by atoms with Crippen LogP contribution in [0.25, 0.3) is 10.8 Å². The van der Waals surface area contributed by atoms with Crippen LogP contribution in [0.4, 0.5) is 8.78 Å². The molecule has 6 unspecified atom stereocenters. The van der Waals surface area contributed by atoms with Gasteiger partial charge in [0.05, 0.1) is 12.7 Å². The average molecular weight is 648 g/mol. The fourth-order valence-electron chi connectivity index (χ4n) is 4.35. The van der Waals surface area contributed by atoms with Crippen LogP contribution in [0.2, 0.25) is 5.02 Å². The van der Waals surface area contributed by atoms with Crippen molar-refractivity contribution in [3.05, 3.63) is 74.5 Å². The lowest BCUT2D eigenvalue weighted by Crippen LogP contribution is -2.53. The number of benzene rings is 2. The van der Waals surface area contributed by atoms with Crippen LogP contribution in [0, 0.1) is 0 Å². The summed E-state index contributed by atoms with van der Waals surface area (Å²) in [6, 6.07) is 10.2. The van der Waals surface area contributed by atoms with Crippen LogP contribution < -0.4 is 20.9 Å². The summed E-state index contributed by atoms with van der Waals surface area (Å²) in [6.45, 7) is 3.08. The molecule has 0 spiro atoms. The zero-order valence-electron chi connectivity index (χ0n) is 23.0. The van der Waals surface area contributed by atoms with Crippen molar-refractivity contribution in [1.82, 2.24) is 14.6 Å². The quantitative estimate of drug-likeness (QED) is 0.178. The van der Waals surface area contributed by atoms with Gasteiger partial charge < -0.3 is 24.2 Å². The number of ether oxygens (including phenoxy) is 2. The second kappa shape index (κ2) is 12.8. The van der Waals surface area contributed by atoms with E-state index in [0.717, 1.165) is 6.20 Å². The molecule has 0 amide bonds. The van der Waals surface area contributed by atoms with E-state index < -0.39 is 79.2 Å². The number of H-pyrrole nitrogens is 1. The number of alkyl halides is 2. The summed E-state index contributed by atoms with van der Waals surface area (Å²) < 4.78 is 65.4. The first-order chi connectivity index (χ1) is 20.2. The maximum absolute atomic E-state index is 14.6. The first-order valence-corrected chi connectivity index (χ1v) is 14.8. The van der Waals surface area contributed by atoms with Gasteiger partial charge in [-0.15, -0.1) is 0 Å². The van der Waals surface area contributed by atoms with Crippen molar-refractivity contribution in [1.29, 1.82) is 0 Å². The topological polar surface area (TPSA) is 178 Å². The van der Waals surface area contributed by atoms with E-state index in [-0.39, 0.29) is 5.75 Å². The highest BCUT2D eigenvalue weighted by molar-refractivity contribution is 7.52. The maximum atomic E-state index is 14.6. The Morgan fingerprint density at radius 1 is 1.19 bits per heavy atom. The minimum atomic E-state index is -4.79. The molecule has 2 aromatic carbocycles. The van der Waals surface area contributed by atoms with Crippen LogP contribution in [-0.2, 0) is 23.4 Å². The summed E-state index contributed by atoms with van der Waals surface area (Å²) in [6.07, 6.45) is -9.94. The molecule has 0 saturated carbocycles. The van der Waals surface area contributed by atoms with Gasteiger partial charge in [-0.2, -0.15) is 5.09 Å². The predicted octanol–water partition coefficient (Wildman–Crippen LogP) is 2.73. The van der Waals surface area contributed by atoms with Crippen molar-refractivity contribution >= 4 is 36.1 Å². The molecule has 0 bridgehead atoms. The number of aromatic amines is 1. The summed E-state index contributed by atoms with van der Waals surface area (Å²) in [5, 5.41) is 24.3. The zero-order valence-corrected chi connectivity index (χ0v) is 24.6. The van der Waals surface area contributed by atoms with Crippen molar-refractivity contribution in [3.8, 4) is 5.75 Å². The number of hydrogen-bond acceptors (Lipinski definition) is 10. The predicted molar refractivity (Wildman–Crippen MR) is 149 cm³/mol. The van der Waals surface area contributed by atoms with Gasteiger partial charge in [-0.25, -0.2) is 18.1 Å². The number of nitrogens with one attached hydrogen (secondary N) is 2. The number of nitrogens with zero attached hydrogens (tertiary/aromatic N) is 1. The molecular weight excluding hydrogens is 619 g/mol. The first-order valence-electron chi connectivity index (χ1n) is 12.9. The molecule has 6 atom stereocenters. The lowest BCUT2D eigenvalue weighted by Gasteiger charge is -2.32. The Labute approximate surface area is 247 Å². The van der Waals surface area contributed by atoms with Crippen molar-refractivity contribution < 1.29 is 46.9 Å². The fourth-order valence-corrected chi connectivity index (χ4v) is 6.05. The van der Waals surface area contributed by atoms with Crippen molar-refractivity contribution in [2.45, 2.75) is 63.4 Å². The highest BCUT2D eigenvalue weighted by Gasteiger charge is 2.61. The van der Waals surface area contributed by atoms with Gasteiger partial charge >= 0.3 is 19.4 Å². The zero-order chi connectivity index (χ0) is 31.7. The number of aliphatic hydroxyl groups excluding tert-OH is 2. The fraction of sp³-hybridized carbons (Fsp3) is 0.423. The number of hydrogen-bond donors (Lipinski definition) is 4. The monoisotopic (exact) mass is 647 g/mol. The molecule has 1 aromatic heterocycles. The number of halogens is 3. The van der Waals surface area contributed by atoms with Crippen LogP contribution >= 0.6 is 19.3 Å². The lowest BCUT2D eigenvalue weighted by atomic mass is 9.96. The number of fused-ring (bicyclic) bond motifs is 1. The van der Waals surface area contributed by atoms with Crippen LogP contribution in [0.5, 0.6) is 5.75 Å². The minimum Gasteiger partial charge on any atom is -0.462 e. The molecule has 1 aliphatic rings. The number of aromatic nitrogens is 2. The van der Waals surface area contributed by atoms with Gasteiger partial charge in [-0.1, -0.05) is 48.0 Å². The van der Waals surface area contributed by atoms with Gasteiger partial charge in [0.2, 0.25) is 0 Å². The third-order valence-corrected chi connectivity index (χ3v) is 8.39. The molecule has 43 heavy (non-hydrogen) atoms. The number of carbonyl (C=O) groups is 1. The Hall–Kier alpha value is -3.17. The SMILES string of the molecule is CC(C)OC(=O)C(C)NP(=O)(OCC1(C(F)F)OC(n2cc(Cl)c(=O)[nH]c2=O)C(O)C1O)Oc1cccc2ccccc12. The Morgan fingerprint density at radius 3 is 2.53 bits per heavy atom. The molecule has 0 radical (unpaired) electrons. The summed E-state index contributed by atoms with van der Waals surface area (Å²) in [7, 11) is -4.79. The highest BCUT2D eigenvalue weighted by Crippen LogP contribution is 2.50. The molecule has 3 aromatic rings. The molecular formula is C26H29ClF2N3O10P. The Bertz CT molecular complexity index is 1650. The summed E-state index contributed by atoms with van der Waals surface area (Å²) in [5.41, 5.74) is -5.24. The van der Waals surface area contributed by atoms with Gasteiger partial charge in [0.15, 0.2) is 11.8 Å². The van der Waals surface area contributed by atoms with E-state index in [1.807, 2.05) is 4.98 Å². The normalized spacial score (nSPS) is 24.3. The number of rotatable bonds is 11. The van der Waals surface area contributed by atoms with E-state index in [4.69, 9.17) is 30.1 Å². The summed E-state index contributed by atoms with van der Waals surface area (Å²) >= 11 is 5.75. The number of esters is 1. The molecule has 2 heterocycles. The smallest absolute Gasteiger partial charge is 0.459 e. The molecule has 4 N–H and O–H groups in total. The van der Waals surface area contributed by atoms with Gasteiger partial charge in [-0.3, -0.25) is 23.7 Å². The van der Waals surface area contributed by atoms with E-state index >= 15 is 0 Å². The molecule has 1 saturated heterocycles. The maximum Gasteiger partial charge on any atom is 0.459 e. The van der Waals surface area contributed by atoms with Crippen molar-refractivity contribution in [2.24, 2.45) is 0 Å². The van der Waals surface area contributed by atoms with E-state index in [9.17, 15) is 37.9 Å². The molecule has 13 nitrogen and oxygen atoms in total.